The van der Waals surface area contributed by atoms with Gasteiger partial charge >= 0.3 is 0 Å². The van der Waals surface area contributed by atoms with Gasteiger partial charge in [0.15, 0.2) is 11.5 Å². The highest BCUT2D eigenvalue weighted by Crippen LogP contribution is 2.38. The van der Waals surface area contributed by atoms with Crippen molar-refractivity contribution in [2.24, 2.45) is 11.8 Å². The zero-order chi connectivity index (χ0) is 17.7. The summed E-state index contributed by atoms with van der Waals surface area (Å²) in [4.78, 5) is 29.2. The van der Waals surface area contributed by atoms with E-state index in [9.17, 15) is 9.59 Å². The van der Waals surface area contributed by atoms with E-state index in [0.29, 0.717) is 60.4 Å². The lowest BCUT2D eigenvalue weighted by molar-refractivity contribution is -0.144. The van der Waals surface area contributed by atoms with Crippen molar-refractivity contribution < 1.29 is 14.0 Å². The summed E-state index contributed by atoms with van der Waals surface area (Å²) in [5, 5.41) is 7.08. The second kappa shape index (κ2) is 6.00. The summed E-state index contributed by atoms with van der Waals surface area (Å²) in [6, 6.07) is 5.70. The second-order valence-electron chi connectivity index (χ2n) is 7.72. The molecule has 26 heavy (non-hydrogen) atoms. The van der Waals surface area contributed by atoms with Crippen molar-refractivity contribution >= 4 is 11.8 Å². The average Bonchev–Trinajstić information content (AvgIpc) is 3.33. The van der Waals surface area contributed by atoms with Gasteiger partial charge in [-0.05, 0) is 43.2 Å². The van der Waals surface area contributed by atoms with E-state index >= 15 is 0 Å². The van der Waals surface area contributed by atoms with Crippen molar-refractivity contribution in [2.45, 2.75) is 31.7 Å². The van der Waals surface area contributed by atoms with E-state index in [0.717, 1.165) is 25.8 Å². The smallest absolute Gasteiger partial charge is 0.274 e. The van der Waals surface area contributed by atoms with Crippen LogP contribution in [0.25, 0.3) is 11.5 Å². The summed E-state index contributed by atoms with van der Waals surface area (Å²) >= 11 is 0. The van der Waals surface area contributed by atoms with Crippen LogP contribution in [0.5, 0.6) is 0 Å². The van der Waals surface area contributed by atoms with E-state index < -0.39 is 0 Å². The first-order valence-corrected chi connectivity index (χ1v) is 9.37. The quantitative estimate of drug-likeness (QED) is 0.896. The largest absolute Gasteiger partial charge is 0.463 e. The van der Waals surface area contributed by atoms with Crippen LogP contribution in [0, 0.1) is 11.8 Å². The Morgan fingerprint density at radius 3 is 3.08 bits per heavy atom. The lowest BCUT2D eigenvalue weighted by Gasteiger charge is -2.52. The number of carbonyl (C=O) groups is 2. The van der Waals surface area contributed by atoms with Crippen molar-refractivity contribution in [3.63, 3.8) is 0 Å². The van der Waals surface area contributed by atoms with Gasteiger partial charge in [-0.3, -0.25) is 14.7 Å². The number of furan rings is 1. The fourth-order valence-electron chi connectivity index (χ4n) is 4.93. The minimum atomic E-state index is -0.0376. The highest BCUT2D eigenvalue weighted by Gasteiger charge is 2.45. The summed E-state index contributed by atoms with van der Waals surface area (Å²) in [5.74, 6) is 1.69. The van der Waals surface area contributed by atoms with Gasteiger partial charge in [-0.25, -0.2) is 0 Å². The third kappa shape index (κ3) is 2.53. The van der Waals surface area contributed by atoms with E-state index in [-0.39, 0.29) is 5.91 Å². The molecule has 0 aliphatic carbocycles. The van der Waals surface area contributed by atoms with Gasteiger partial charge in [0, 0.05) is 38.2 Å². The highest BCUT2D eigenvalue weighted by molar-refractivity contribution is 5.93. The molecular formula is C19H22N4O3. The SMILES string of the molecule is O=C(c1cc(-c2ccco2)[nH]n1)N1C[C@H]2C[C@@H](C1)[C@H]1CCCC(=O)N1C2. The van der Waals surface area contributed by atoms with Gasteiger partial charge in [-0.1, -0.05) is 0 Å². The van der Waals surface area contributed by atoms with E-state index in [4.69, 9.17) is 4.42 Å². The molecule has 0 aromatic carbocycles. The van der Waals surface area contributed by atoms with Crippen LogP contribution in [0.2, 0.25) is 0 Å². The van der Waals surface area contributed by atoms with Crippen LogP contribution in [0.15, 0.2) is 28.9 Å². The summed E-state index contributed by atoms with van der Waals surface area (Å²) in [7, 11) is 0. The molecule has 136 valence electrons. The molecule has 2 bridgehead atoms. The fourth-order valence-corrected chi connectivity index (χ4v) is 4.93. The molecule has 0 unspecified atom stereocenters. The molecule has 3 saturated heterocycles. The Kier molecular flexibility index (Phi) is 3.62. The Hall–Kier alpha value is -2.57. The van der Waals surface area contributed by atoms with Gasteiger partial charge < -0.3 is 14.2 Å². The molecule has 0 radical (unpaired) electrons. The lowest BCUT2D eigenvalue weighted by atomic mass is 9.76. The molecule has 7 nitrogen and oxygen atoms in total. The second-order valence-corrected chi connectivity index (χ2v) is 7.72. The van der Waals surface area contributed by atoms with Crippen molar-refractivity contribution in [3.05, 3.63) is 30.2 Å². The minimum Gasteiger partial charge on any atom is -0.463 e. The molecular weight excluding hydrogens is 332 g/mol. The molecule has 1 N–H and O–H groups in total. The normalized spacial score (nSPS) is 28.2. The third-order valence-electron chi connectivity index (χ3n) is 6.05. The molecule has 0 spiro atoms. The third-order valence-corrected chi connectivity index (χ3v) is 6.05. The maximum atomic E-state index is 13.0. The summed E-state index contributed by atoms with van der Waals surface area (Å²) < 4.78 is 5.35. The fraction of sp³-hybridized carbons (Fsp3) is 0.526. The molecule has 3 aliphatic heterocycles. The van der Waals surface area contributed by atoms with E-state index in [1.54, 1.807) is 18.4 Å². The predicted molar refractivity (Wildman–Crippen MR) is 93.1 cm³/mol. The maximum Gasteiger partial charge on any atom is 0.274 e. The molecule has 2 amide bonds. The molecule has 3 atom stereocenters. The number of rotatable bonds is 2. The Bertz CT molecular complexity index is 828. The number of hydrogen-bond acceptors (Lipinski definition) is 4. The summed E-state index contributed by atoms with van der Waals surface area (Å²) in [6.45, 7) is 2.21. The van der Waals surface area contributed by atoms with Crippen molar-refractivity contribution in [1.82, 2.24) is 20.0 Å². The molecule has 7 heteroatoms. The number of hydrogen-bond donors (Lipinski definition) is 1. The van der Waals surface area contributed by atoms with Crippen molar-refractivity contribution in [3.8, 4) is 11.5 Å². The van der Waals surface area contributed by atoms with Crippen LogP contribution >= 0.6 is 0 Å². The Labute approximate surface area is 151 Å². The van der Waals surface area contributed by atoms with Crippen LogP contribution in [0.3, 0.4) is 0 Å². The van der Waals surface area contributed by atoms with Crippen LogP contribution < -0.4 is 0 Å². The number of amides is 2. The maximum absolute atomic E-state index is 13.0. The summed E-state index contributed by atoms with van der Waals surface area (Å²) in [5.41, 5.74) is 1.13. The number of aromatic nitrogens is 2. The number of nitrogens with one attached hydrogen (secondary N) is 1. The van der Waals surface area contributed by atoms with Crippen LogP contribution in [0.1, 0.15) is 36.2 Å². The molecule has 3 fully saturated rings. The molecule has 5 heterocycles. The predicted octanol–water partition coefficient (Wildman–Crippen LogP) is 2.14. The first-order chi connectivity index (χ1) is 12.7. The Balaban J connectivity index is 1.34. The number of carbonyl (C=O) groups excluding carboxylic acids is 2. The lowest BCUT2D eigenvalue weighted by Crippen LogP contribution is -2.61. The number of piperidine rings is 3. The van der Waals surface area contributed by atoms with Crippen LogP contribution in [-0.4, -0.2) is 57.5 Å². The first-order valence-electron chi connectivity index (χ1n) is 9.37. The molecule has 2 aromatic rings. The topological polar surface area (TPSA) is 82.4 Å². The zero-order valence-corrected chi connectivity index (χ0v) is 14.6. The van der Waals surface area contributed by atoms with E-state index in [1.807, 2.05) is 11.0 Å². The monoisotopic (exact) mass is 354 g/mol. The molecule has 2 aromatic heterocycles. The van der Waals surface area contributed by atoms with Crippen LogP contribution in [0.4, 0.5) is 0 Å². The van der Waals surface area contributed by atoms with E-state index in [1.165, 1.54) is 0 Å². The van der Waals surface area contributed by atoms with Gasteiger partial charge in [-0.15, -0.1) is 0 Å². The van der Waals surface area contributed by atoms with Crippen molar-refractivity contribution in [2.75, 3.05) is 19.6 Å². The Morgan fingerprint density at radius 1 is 1.31 bits per heavy atom. The number of fused-ring (bicyclic) bond motifs is 4. The minimum absolute atomic E-state index is 0.0376. The standard InChI is InChI=1S/C19H22N4O3/c24-18-5-1-3-16-13-7-12(10-23(16)18)9-22(11-13)19(25)15-8-14(20-21-15)17-4-2-6-26-17/h2,4,6,8,12-13,16H,1,3,5,7,9-11H2,(H,20,21)/t12-,13+,16-/m1/s1. The van der Waals surface area contributed by atoms with Gasteiger partial charge in [0.2, 0.25) is 5.91 Å². The van der Waals surface area contributed by atoms with E-state index in [2.05, 4.69) is 15.1 Å². The van der Waals surface area contributed by atoms with Crippen LogP contribution in [-0.2, 0) is 4.79 Å². The van der Waals surface area contributed by atoms with Crippen molar-refractivity contribution in [1.29, 1.82) is 0 Å². The molecule has 3 aliphatic rings. The number of likely N-dealkylation sites (tertiary alicyclic amines) is 1. The number of aromatic amines is 1. The summed E-state index contributed by atoms with van der Waals surface area (Å²) in [6.07, 6.45) is 5.44. The first kappa shape index (κ1) is 15.7. The zero-order valence-electron chi connectivity index (χ0n) is 14.6. The number of nitrogens with zero attached hydrogens (tertiary/aromatic N) is 3. The average molecular weight is 354 g/mol. The number of H-pyrrole nitrogens is 1. The van der Waals surface area contributed by atoms with Gasteiger partial charge in [0.1, 0.15) is 5.69 Å². The highest BCUT2D eigenvalue weighted by atomic mass is 16.3. The molecule has 5 rings (SSSR count). The Morgan fingerprint density at radius 2 is 2.23 bits per heavy atom. The van der Waals surface area contributed by atoms with Gasteiger partial charge in [0.05, 0.1) is 6.26 Å². The van der Waals surface area contributed by atoms with Gasteiger partial charge in [0.25, 0.3) is 5.91 Å². The van der Waals surface area contributed by atoms with Gasteiger partial charge in [-0.2, -0.15) is 5.10 Å². The molecule has 0 saturated carbocycles.